The largest absolute Gasteiger partial charge is 0.479 e. The molecule has 1 fully saturated rings. The van der Waals surface area contributed by atoms with Gasteiger partial charge < -0.3 is 25.7 Å². The van der Waals surface area contributed by atoms with Gasteiger partial charge in [-0.3, -0.25) is 14.1 Å². The molecule has 0 bridgehead atoms. The van der Waals surface area contributed by atoms with Crippen molar-refractivity contribution in [2.75, 3.05) is 5.32 Å². The minimum atomic E-state index is -2.27. The fraction of sp³-hybridized carbons (Fsp3) is 0.520. The highest BCUT2D eigenvalue weighted by molar-refractivity contribution is 5.83. The monoisotopic (exact) mass is 528 g/mol. The number of hydrogen-bond donors (Lipinski definition) is 5. The van der Waals surface area contributed by atoms with Crippen molar-refractivity contribution in [2.24, 2.45) is 0 Å². The predicted molar refractivity (Wildman–Crippen MR) is 135 cm³/mol. The van der Waals surface area contributed by atoms with Gasteiger partial charge in [0.1, 0.15) is 17.3 Å². The molecule has 1 aromatic rings. The van der Waals surface area contributed by atoms with Gasteiger partial charge in [0.05, 0.1) is 0 Å². The van der Waals surface area contributed by atoms with Gasteiger partial charge in [-0.15, -0.1) is 0 Å². The molecular weight excluding hydrogens is 496 g/mol. The SMILES string of the molecule is CCCn1c2nc(C3CCCC3)nc-2c2n(c1=O)C[C@@H](Cc1ccncc1)N2.O=C(O)C(O)C(O)C(=O)O. The van der Waals surface area contributed by atoms with Gasteiger partial charge in [0, 0.05) is 37.4 Å². The first-order valence-electron chi connectivity index (χ1n) is 12.7. The first kappa shape index (κ1) is 27.2. The first-order valence-corrected chi connectivity index (χ1v) is 12.7. The molecule has 1 aromatic heterocycles. The summed E-state index contributed by atoms with van der Waals surface area (Å²) >= 11 is 0. The van der Waals surface area contributed by atoms with Gasteiger partial charge in [-0.2, -0.15) is 0 Å². The number of anilines is 1. The van der Waals surface area contributed by atoms with E-state index in [0.29, 0.717) is 19.0 Å². The number of carboxylic acids is 2. The summed E-state index contributed by atoms with van der Waals surface area (Å²) in [6.45, 7) is 3.42. The summed E-state index contributed by atoms with van der Waals surface area (Å²) in [5.41, 5.74) is 2.09. The van der Waals surface area contributed by atoms with Crippen LogP contribution in [0.15, 0.2) is 29.3 Å². The highest BCUT2D eigenvalue weighted by Gasteiger charge is 2.33. The molecule has 0 radical (unpaired) electrons. The second-order valence-corrected chi connectivity index (χ2v) is 9.60. The molecule has 0 spiro atoms. The van der Waals surface area contributed by atoms with E-state index >= 15 is 0 Å². The quantitative estimate of drug-likeness (QED) is 0.279. The van der Waals surface area contributed by atoms with Crippen molar-refractivity contribution in [3.8, 4) is 11.5 Å². The molecule has 4 aliphatic rings. The lowest BCUT2D eigenvalue weighted by Crippen LogP contribution is -2.39. The summed E-state index contributed by atoms with van der Waals surface area (Å²) in [6, 6.07) is 4.23. The van der Waals surface area contributed by atoms with E-state index < -0.39 is 24.1 Å². The zero-order chi connectivity index (χ0) is 27.4. The number of hydrogen-bond acceptors (Lipinski definition) is 9. The summed E-state index contributed by atoms with van der Waals surface area (Å²) in [6.07, 6.45) is 5.64. The van der Waals surface area contributed by atoms with E-state index in [1.165, 1.54) is 18.4 Å². The normalized spacial score (nSPS) is 18.3. The number of carboxylic acid groups (broad SMARTS) is 2. The number of aliphatic carboxylic acids is 2. The Hall–Kier alpha value is -3.84. The highest BCUT2D eigenvalue weighted by atomic mass is 16.4. The molecule has 13 nitrogen and oxygen atoms in total. The van der Waals surface area contributed by atoms with Crippen molar-refractivity contribution in [2.45, 2.75) is 82.7 Å². The van der Waals surface area contributed by atoms with E-state index in [1.54, 1.807) is 0 Å². The molecule has 1 aliphatic carbocycles. The van der Waals surface area contributed by atoms with Crippen LogP contribution in [0.5, 0.6) is 0 Å². The van der Waals surface area contributed by atoms with Gasteiger partial charge in [-0.1, -0.05) is 19.8 Å². The van der Waals surface area contributed by atoms with E-state index in [0.717, 1.165) is 48.8 Å². The molecule has 0 aromatic carbocycles. The summed E-state index contributed by atoms with van der Waals surface area (Å²) in [7, 11) is 0. The van der Waals surface area contributed by atoms with Crippen LogP contribution < -0.4 is 11.0 Å². The maximum absolute atomic E-state index is 13.2. The van der Waals surface area contributed by atoms with Gasteiger partial charge in [0.15, 0.2) is 18.0 Å². The number of pyridine rings is 1. The van der Waals surface area contributed by atoms with E-state index in [-0.39, 0.29) is 11.7 Å². The van der Waals surface area contributed by atoms with E-state index in [4.69, 9.17) is 30.4 Å². The molecular formula is C25H32N6O7. The fourth-order valence-electron chi connectivity index (χ4n) is 4.91. The molecule has 2 unspecified atom stereocenters. The van der Waals surface area contributed by atoms with Crippen molar-refractivity contribution in [3.63, 3.8) is 0 Å². The summed E-state index contributed by atoms with van der Waals surface area (Å²) < 4.78 is 3.68. The van der Waals surface area contributed by atoms with Crippen molar-refractivity contribution >= 4 is 17.8 Å². The zero-order valence-electron chi connectivity index (χ0n) is 21.0. The van der Waals surface area contributed by atoms with Gasteiger partial charge in [-0.25, -0.2) is 24.4 Å². The third-order valence-corrected chi connectivity index (χ3v) is 6.82. The standard InChI is InChI=1S/C21H26N6O.C4H6O6/c1-2-11-26-20-17(24-18(25-20)15-5-3-4-6-15)19-23-16(13-27(19)21(26)28)12-14-7-9-22-10-8-14;5-1(3(7)8)2(6)4(9)10/h7-10,15-16,23H,2-6,11-13H2,1H3;1-2,5-6H,(H,7,8)(H,9,10)/t16-;/m1./s1. The van der Waals surface area contributed by atoms with E-state index in [2.05, 4.69) is 17.2 Å². The smallest absolute Gasteiger partial charge is 0.335 e. The number of nitrogens with zero attached hydrogens (tertiary/aromatic N) is 5. The number of aliphatic hydroxyl groups is 2. The van der Waals surface area contributed by atoms with Crippen LogP contribution in [0.25, 0.3) is 11.5 Å². The van der Waals surface area contributed by atoms with E-state index in [1.807, 2.05) is 33.7 Å². The summed E-state index contributed by atoms with van der Waals surface area (Å²) in [5.74, 6) is -0.595. The lowest BCUT2D eigenvalue weighted by Gasteiger charge is -2.13. The lowest BCUT2D eigenvalue weighted by molar-refractivity contribution is -0.165. The summed E-state index contributed by atoms with van der Waals surface area (Å²) in [5, 5.41) is 36.1. The van der Waals surface area contributed by atoms with Crippen molar-refractivity contribution in [1.29, 1.82) is 0 Å². The average Bonchev–Trinajstić information content (AvgIpc) is 3.66. The number of aliphatic hydroxyl groups excluding tert-OH is 2. The topological polar surface area (TPSA) is 193 Å². The zero-order valence-corrected chi connectivity index (χ0v) is 21.0. The highest BCUT2D eigenvalue weighted by Crippen LogP contribution is 2.37. The van der Waals surface area contributed by atoms with Gasteiger partial charge in [-0.05, 0) is 43.4 Å². The Labute approximate surface area is 218 Å². The maximum atomic E-state index is 13.2. The molecule has 0 saturated heterocycles. The molecule has 38 heavy (non-hydrogen) atoms. The van der Waals surface area contributed by atoms with Crippen molar-refractivity contribution in [3.05, 3.63) is 46.4 Å². The fourth-order valence-corrected chi connectivity index (χ4v) is 4.91. The Morgan fingerprint density at radius 1 is 1.08 bits per heavy atom. The predicted octanol–water partition coefficient (Wildman–Crippen LogP) is 0.921. The number of rotatable bonds is 8. The van der Waals surface area contributed by atoms with Crippen LogP contribution in [-0.4, -0.2) is 74.7 Å². The Morgan fingerprint density at radius 3 is 2.29 bits per heavy atom. The number of nitrogens with one attached hydrogen (secondary N) is 1. The minimum absolute atomic E-state index is 0.0203. The third-order valence-electron chi connectivity index (χ3n) is 6.82. The minimum Gasteiger partial charge on any atom is -0.479 e. The Bertz CT molecular complexity index is 1280. The van der Waals surface area contributed by atoms with Crippen LogP contribution in [0.3, 0.4) is 0 Å². The van der Waals surface area contributed by atoms with Gasteiger partial charge >= 0.3 is 17.6 Å². The molecule has 3 atom stereocenters. The van der Waals surface area contributed by atoms with Crippen LogP contribution in [0, 0.1) is 0 Å². The van der Waals surface area contributed by atoms with Crippen LogP contribution >= 0.6 is 0 Å². The van der Waals surface area contributed by atoms with Crippen molar-refractivity contribution < 1.29 is 30.0 Å². The molecule has 3 aliphatic heterocycles. The molecule has 204 valence electrons. The molecule has 13 heteroatoms. The van der Waals surface area contributed by atoms with E-state index in [9.17, 15) is 14.4 Å². The lowest BCUT2D eigenvalue weighted by atomic mass is 10.1. The molecule has 5 rings (SSSR count). The second-order valence-electron chi connectivity index (χ2n) is 9.60. The molecule has 4 heterocycles. The van der Waals surface area contributed by atoms with Crippen LogP contribution in [0.2, 0.25) is 0 Å². The van der Waals surface area contributed by atoms with Crippen LogP contribution in [0.4, 0.5) is 5.82 Å². The van der Waals surface area contributed by atoms with Crippen molar-refractivity contribution in [1.82, 2.24) is 24.1 Å². The van der Waals surface area contributed by atoms with Crippen LogP contribution in [0.1, 0.15) is 56.3 Å². The average molecular weight is 529 g/mol. The van der Waals surface area contributed by atoms with Gasteiger partial charge in [0.25, 0.3) is 0 Å². The summed E-state index contributed by atoms with van der Waals surface area (Å²) in [4.78, 5) is 46.6. The second kappa shape index (κ2) is 11.7. The molecule has 5 N–H and O–H groups in total. The van der Waals surface area contributed by atoms with Gasteiger partial charge in [0.2, 0.25) is 0 Å². The molecule has 1 saturated carbocycles. The number of carbonyl (C=O) groups is 2. The number of fused-ring (bicyclic) bond motifs is 3. The maximum Gasteiger partial charge on any atom is 0.335 e. The first-order chi connectivity index (χ1) is 18.2. The molecule has 0 amide bonds. The Morgan fingerprint density at radius 2 is 1.71 bits per heavy atom. The van der Waals surface area contributed by atoms with Crippen LogP contribution in [-0.2, 0) is 29.1 Å². The number of aromatic nitrogens is 5. The number of imidazole rings is 1. The Kier molecular flexibility index (Phi) is 8.37. The Balaban J connectivity index is 0.000000289. The third kappa shape index (κ3) is 5.68.